The van der Waals surface area contributed by atoms with Gasteiger partial charge < -0.3 is 15.4 Å². The van der Waals surface area contributed by atoms with Crippen LogP contribution in [0.25, 0.3) is 0 Å². The van der Waals surface area contributed by atoms with Crippen molar-refractivity contribution in [1.29, 1.82) is 0 Å². The normalized spacial score (nSPS) is 15.1. The highest BCUT2D eigenvalue weighted by Gasteiger charge is 2.39. The van der Waals surface area contributed by atoms with Crippen molar-refractivity contribution >= 4 is 23.2 Å². The summed E-state index contributed by atoms with van der Waals surface area (Å²) in [7, 11) is 0. The molecule has 0 spiro atoms. The minimum Gasteiger partial charge on any atom is -0.444 e. The first-order valence-electron chi connectivity index (χ1n) is 7.67. The largest absolute Gasteiger partial charge is 0.444 e. The Kier molecular flexibility index (Phi) is 4.87. The summed E-state index contributed by atoms with van der Waals surface area (Å²) in [6, 6.07) is 4.28. The van der Waals surface area contributed by atoms with Crippen molar-refractivity contribution in [1.82, 2.24) is 0 Å². The van der Waals surface area contributed by atoms with Crippen molar-refractivity contribution in [3.63, 3.8) is 0 Å². The van der Waals surface area contributed by atoms with Crippen LogP contribution in [0.1, 0.15) is 33.6 Å². The van der Waals surface area contributed by atoms with Gasteiger partial charge in [-0.25, -0.2) is 4.79 Å². The number of hydrogen-bond acceptors (Lipinski definition) is 4. The molecule has 3 N–H and O–H groups in total. The molecule has 2 rings (SSSR count). The van der Waals surface area contributed by atoms with Gasteiger partial charge in [-0.3, -0.25) is 5.32 Å². The third kappa shape index (κ3) is 5.50. The van der Waals surface area contributed by atoms with Gasteiger partial charge in [-0.2, -0.15) is 13.2 Å². The predicted octanol–water partition coefficient (Wildman–Crippen LogP) is 4.15. The maximum absolute atomic E-state index is 12.8. The van der Waals surface area contributed by atoms with Gasteiger partial charge in [0.05, 0.1) is 11.4 Å². The zero-order valence-electron chi connectivity index (χ0n) is 13.9. The molecule has 134 valence electrons. The van der Waals surface area contributed by atoms with E-state index >= 15 is 0 Å². The molecule has 5 nitrogen and oxygen atoms in total. The van der Waals surface area contributed by atoms with Gasteiger partial charge in [0.2, 0.25) is 0 Å². The number of nitrogens with zero attached hydrogens (tertiary/aromatic N) is 1. The van der Waals surface area contributed by atoms with Crippen molar-refractivity contribution in [3.05, 3.63) is 18.2 Å². The Morgan fingerprint density at radius 3 is 2.46 bits per heavy atom. The summed E-state index contributed by atoms with van der Waals surface area (Å²) in [4.78, 5) is 13.1. The van der Waals surface area contributed by atoms with Crippen LogP contribution in [0.4, 0.5) is 35.0 Å². The Balaban J connectivity index is 2.19. The van der Waals surface area contributed by atoms with Crippen LogP contribution in [0.2, 0.25) is 0 Å². The van der Waals surface area contributed by atoms with Gasteiger partial charge in [-0.05, 0) is 51.8 Å². The Bertz CT molecular complexity index is 608. The molecule has 1 fully saturated rings. The van der Waals surface area contributed by atoms with Crippen LogP contribution in [0.15, 0.2) is 18.2 Å². The Morgan fingerprint density at radius 1 is 1.33 bits per heavy atom. The molecule has 8 heteroatoms. The van der Waals surface area contributed by atoms with Crippen molar-refractivity contribution < 1.29 is 22.7 Å². The van der Waals surface area contributed by atoms with E-state index in [1.165, 1.54) is 23.1 Å². The summed E-state index contributed by atoms with van der Waals surface area (Å²) in [5.41, 5.74) is 6.02. The number of ether oxygens (including phenoxy) is 1. The molecular weight excluding hydrogens is 323 g/mol. The number of carbonyl (C=O) groups is 1. The molecule has 1 aliphatic carbocycles. The first-order chi connectivity index (χ1) is 10.9. The SMILES string of the molecule is CC(C)(C)OC(=O)Nc1ccc(N)c(N(CC(F)(F)F)C2CC2)c1. The van der Waals surface area contributed by atoms with Crippen LogP contribution in [-0.2, 0) is 4.74 Å². The fourth-order valence-electron chi connectivity index (χ4n) is 2.28. The van der Waals surface area contributed by atoms with E-state index in [4.69, 9.17) is 10.5 Å². The average Bonchev–Trinajstić information content (AvgIpc) is 3.19. The average molecular weight is 345 g/mol. The lowest BCUT2D eigenvalue weighted by Crippen LogP contribution is -2.36. The van der Waals surface area contributed by atoms with Crippen LogP contribution >= 0.6 is 0 Å². The molecule has 0 heterocycles. The topological polar surface area (TPSA) is 67.6 Å². The lowest BCUT2D eigenvalue weighted by Gasteiger charge is -2.27. The quantitative estimate of drug-likeness (QED) is 0.805. The molecule has 1 aromatic carbocycles. The maximum Gasteiger partial charge on any atom is 0.412 e. The molecular formula is C16H22F3N3O2. The summed E-state index contributed by atoms with van der Waals surface area (Å²) < 4.78 is 43.6. The van der Waals surface area contributed by atoms with Crippen molar-refractivity contribution in [2.24, 2.45) is 0 Å². The number of nitrogens with one attached hydrogen (secondary N) is 1. The molecule has 1 saturated carbocycles. The van der Waals surface area contributed by atoms with E-state index in [9.17, 15) is 18.0 Å². The first kappa shape index (κ1) is 18.2. The number of halogens is 3. The van der Waals surface area contributed by atoms with Gasteiger partial charge in [0.15, 0.2) is 0 Å². The summed E-state index contributed by atoms with van der Waals surface area (Å²) in [5.74, 6) is 0. The highest BCUT2D eigenvalue weighted by Crippen LogP contribution is 2.38. The summed E-state index contributed by atoms with van der Waals surface area (Å²) in [6.07, 6.45) is -3.62. The van der Waals surface area contributed by atoms with E-state index in [0.29, 0.717) is 18.5 Å². The fourth-order valence-corrected chi connectivity index (χ4v) is 2.28. The Labute approximate surface area is 138 Å². The second-order valence-corrected chi connectivity index (χ2v) is 6.87. The van der Waals surface area contributed by atoms with Crippen LogP contribution in [0.3, 0.4) is 0 Å². The summed E-state index contributed by atoms with van der Waals surface area (Å²) in [5, 5.41) is 2.52. The number of nitrogen functional groups attached to an aromatic ring is 1. The highest BCUT2D eigenvalue weighted by atomic mass is 19.4. The number of amides is 1. The van der Waals surface area contributed by atoms with Gasteiger partial charge in [0, 0.05) is 11.7 Å². The number of nitrogens with two attached hydrogens (primary N) is 1. The Morgan fingerprint density at radius 2 is 1.96 bits per heavy atom. The van der Waals surface area contributed by atoms with Crippen LogP contribution in [0, 0.1) is 0 Å². The zero-order valence-corrected chi connectivity index (χ0v) is 13.9. The number of hydrogen-bond donors (Lipinski definition) is 2. The van der Waals surface area contributed by atoms with E-state index < -0.39 is 24.4 Å². The van der Waals surface area contributed by atoms with E-state index in [2.05, 4.69) is 5.32 Å². The molecule has 0 saturated heterocycles. The molecule has 24 heavy (non-hydrogen) atoms. The predicted molar refractivity (Wildman–Crippen MR) is 87.1 cm³/mol. The number of anilines is 3. The van der Waals surface area contributed by atoms with Crippen molar-refractivity contribution in [2.75, 3.05) is 22.5 Å². The van der Waals surface area contributed by atoms with E-state index in [0.717, 1.165) is 0 Å². The molecule has 0 bridgehead atoms. The van der Waals surface area contributed by atoms with Crippen molar-refractivity contribution in [2.45, 2.75) is 51.4 Å². The molecule has 0 aromatic heterocycles. The third-order valence-electron chi connectivity index (χ3n) is 3.32. The molecule has 0 radical (unpaired) electrons. The first-order valence-corrected chi connectivity index (χ1v) is 7.67. The second kappa shape index (κ2) is 6.41. The molecule has 0 aliphatic heterocycles. The molecule has 0 atom stereocenters. The van der Waals surface area contributed by atoms with Crippen molar-refractivity contribution in [3.8, 4) is 0 Å². The second-order valence-electron chi connectivity index (χ2n) is 6.87. The minimum absolute atomic E-state index is 0.175. The van der Waals surface area contributed by atoms with Gasteiger partial charge >= 0.3 is 12.3 Å². The van der Waals surface area contributed by atoms with Crippen LogP contribution in [0.5, 0.6) is 0 Å². The minimum atomic E-state index is -4.33. The summed E-state index contributed by atoms with van der Waals surface area (Å²) in [6.45, 7) is 4.09. The van der Waals surface area contributed by atoms with Gasteiger partial charge in [0.1, 0.15) is 12.1 Å². The van der Waals surface area contributed by atoms with E-state index in [1.807, 2.05) is 0 Å². The van der Waals surface area contributed by atoms with Crippen LogP contribution < -0.4 is 16.0 Å². The monoisotopic (exact) mass is 345 g/mol. The van der Waals surface area contributed by atoms with Gasteiger partial charge in [-0.1, -0.05) is 0 Å². The lowest BCUT2D eigenvalue weighted by molar-refractivity contribution is -0.119. The zero-order chi connectivity index (χ0) is 18.1. The molecule has 1 aromatic rings. The van der Waals surface area contributed by atoms with Crippen LogP contribution in [-0.4, -0.2) is 30.5 Å². The highest BCUT2D eigenvalue weighted by molar-refractivity contribution is 5.87. The number of carbonyl (C=O) groups excluding carboxylic acids is 1. The maximum atomic E-state index is 12.8. The standard InChI is InChI=1S/C16H22F3N3O2/c1-15(2,3)24-14(23)21-10-4-7-12(20)13(8-10)22(11-5-6-11)9-16(17,18)19/h4,7-8,11H,5-6,9,20H2,1-3H3,(H,21,23). The smallest absolute Gasteiger partial charge is 0.412 e. The molecule has 1 amide bonds. The fraction of sp³-hybridized carbons (Fsp3) is 0.562. The lowest BCUT2D eigenvalue weighted by atomic mass is 10.2. The molecule has 1 aliphatic rings. The molecule has 0 unspecified atom stereocenters. The third-order valence-corrected chi connectivity index (χ3v) is 3.32. The van der Waals surface area contributed by atoms with Gasteiger partial charge in [-0.15, -0.1) is 0 Å². The van der Waals surface area contributed by atoms with Gasteiger partial charge in [0.25, 0.3) is 0 Å². The number of benzene rings is 1. The number of rotatable bonds is 4. The Hall–Kier alpha value is -2.12. The number of alkyl halides is 3. The summed E-state index contributed by atoms with van der Waals surface area (Å²) >= 11 is 0. The van der Waals surface area contributed by atoms with E-state index in [-0.39, 0.29) is 17.4 Å². The van der Waals surface area contributed by atoms with E-state index in [1.54, 1.807) is 20.8 Å².